The number of hydrogen-bond acceptors (Lipinski definition) is 5. The van der Waals surface area contributed by atoms with Gasteiger partial charge >= 0.3 is 5.97 Å². The van der Waals surface area contributed by atoms with Crippen molar-refractivity contribution < 1.29 is 9.53 Å². The largest absolute Gasteiger partial charge is 0.459 e. The van der Waals surface area contributed by atoms with Crippen molar-refractivity contribution in [2.24, 2.45) is 5.92 Å². The molecule has 5 heteroatoms. The Morgan fingerprint density at radius 1 is 1.12 bits per heavy atom. The number of benzene rings is 1. The minimum atomic E-state index is -0.686. The zero-order valence-corrected chi connectivity index (χ0v) is 15.8. The van der Waals surface area contributed by atoms with Crippen LogP contribution in [0.2, 0.25) is 0 Å². The Bertz CT molecular complexity index is 597. The van der Waals surface area contributed by atoms with Crippen LogP contribution in [0.5, 0.6) is 0 Å². The highest BCUT2D eigenvalue weighted by molar-refractivity contribution is 7.99. The molecular formula is C20H28N2O2S. The first-order chi connectivity index (χ1) is 12.2. The number of esters is 1. The predicted octanol–water partition coefficient (Wildman–Crippen LogP) is 2.59. The lowest BCUT2D eigenvalue weighted by Crippen LogP contribution is -2.57. The SMILES string of the molecule is CC(C(=O)O[C@H]1CN2CCC1CC2)(c1ccccc1)N1CCSCC1. The Hall–Kier alpha value is -1.04. The number of ether oxygens (including phenoxy) is 1. The van der Waals surface area contributed by atoms with E-state index >= 15 is 0 Å². The summed E-state index contributed by atoms with van der Waals surface area (Å²) >= 11 is 1.97. The van der Waals surface area contributed by atoms with Crippen molar-refractivity contribution in [3.63, 3.8) is 0 Å². The van der Waals surface area contributed by atoms with E-state index in [1.165, 1.54) is 12.8 Å². The topological polar surface area (TPSA) is 32.8 Å². The quantitative estimate of drug-likeness (QED) is 0.771. The van der Waals surface area contributed by atoms with Crippen LogP contribution in [-0.2, 0) is 15.1 Å². The molecule has 2 bridgehead atoms. The number of carbonyl (C=O) groups excluding carboxylic acids is 1. The molecule has 0 amide bonds. The van der Waals surface area contributed by atoms with E-state index in [0.29, 0.717) is 5.92 Å². The third-order valence-electron chi connectivity index (χ3n) is 6.23. The van der Waals surface area contributed by atoms with Gasteiger partial charge in [-0.3, -0.25) is 9.80 Å². The van der Waals surface area contributed by atoms with Crippen molar-refractivity contribution in [2.75, 3.05) is 44.2 Å². The summed E-state index contributed by atoms with van der Waals surface area (Å²) in [5, 5.41) is 0. The lowest BCUT2D eigenvalue weighted by atomic mass is 9.85. The van der Waals surface area contributed by atoms with E-state index < -0.39 is 5.54 Å². The van der Waals surface area contributed by atoms with Gasteiger partial charge in [-0.05, 0) is 44.3 Å². The van der Waals surface area contributed by atoms with E-state index in [4.69, 9.17) is 4.74 Å². The van der Waals surface area contributed by atoms with Gasteiger partial charge in [0.1, 0.15) is 11.6 Å². The molecule has 5 rings (SSSR count). The summed E-state index contributed by atoms with van der Waals surface area (Å²) in [6.07, 6.45) is 2.40. The highest BCUT2D eigenvalue weighted by Crippen LogP contribution is 2.35. The van der Waals surface area contributed by atoms with E-state index in [2.05, 4.69) is 28.9 Å². The first-order valence-corrected chi connectivity index (χ1v) is 10.6. The van der Waals surface area contributed by atoms with Gasteiger partial charge in [0.2, 0.25) is 0 Å². The first kappa shape index (κ1) is 17.4. The normalized spacial score (nSPS) is 32.1. The van der Waals surface area contributed by atoms with Crippen molar-refractivity contribution in [1.29, 1.82) is 0 Å². The van der Waals surface area contributed by atoms with Crippen LogP contribution in [0.3, 0.4) is 0 Å². The number of piperidine rings is 3. The molecule has 4 saturated heterocycles. The second-order valence-corrected chi connectivity index (χ2v) is 8.84. The Kier molecular flexibility index (Phi) is 5.07. The van der Waals surface area contributed by atoms with Crippen molar-refractivity contribution in [1.82, 2.24) is 9.80 Å². The number of rotatable bonds is 4. The van der Waals surface area contributed by atoms with Crippen molar-refractivity contribution >= 4 is 17.7 Å². The summed E-state index contributed by atoms with van der Waals surface area (Å²) in [5.41, 5.74) is 0.363. The highest BCUT2D eigenvalue weighted by atomic mass is 32.2. The Morgan fingerprint density at radius 2 is 1.80 bits per heavy atom. The fourth-order valence-electron chi connectivity index (χ4n) is 4.50. The Balaban J connectivity index is 1.58. The van der Waals surface area contributed by atoms with Crippen LogP contribution in [0.4, 0.5) is 0 Å². The number of thioether (sulfide) groups is 1. The first-order valence-electron chi connectivity index (χ1n) is 9.49. The van der Waals surface area contributed by atoms with Crippen LogP contribution in [0.15, 0.2) is 30.3 Å². The third-order valence-corrected chi connectivity index (χ3v) is 7.17. The molecule has 0 aromatic heterocycles. The van der Waals surface area contributed by atoms with Crippen LogP contribution < -0.4 is 0 Å². The fraction of sp³-hybridized carbons (Fsp3) is 0.650. The van der Waals surface area contributed by atoms with Crippen molar-refractivity contribution in [2.45, 2.75) is 31.4 Å². The maximum atomic E-state index is 13.4. The fourth-order valence-corrected chi connectivity index (χ4v) is 5.40. The highest BCUT2D eigenvalue weighted by Gasteiger charge is 2.46. The van der Waals surface area contributed by atoms with Crippen molar-refractivity contribution in [3.8, 4) is 0 Å². The molecule has 136 valence electrons. The smallest absolute Gasteiger partial charge is 0.331 e. The molecule has 4 aliphatic rings. The molecule has 4 heterocycles. The minimum Gasteiger partial charge on any atom is -0.459 e. The van der Waals surface area contributed by atoms with E-state index in [9.17, 15) is 4.79 Å². The molecule has 1 aromatic carbocycles. The zero-order chi connectivity index (χ0) is 17.3. The second kappa shape index (κ2) is 7.29. The lowest BCUT2D eigenvalue weighted by Gasteiger charge is -2.46. The van der Waals surface area contributed by atoms with Gasteiger partial charge in [-0.25, -0.2) is 4.79 Å². The maximum absolute atomic E-state index is 13.4. The Morgan fingerprint density at radius 3 is 2.40 bits per heavy atom. The Labute approximate surface area is 154 Å². The van der Waals surface area contributed by atoms with Crippen LogP contribution in [-0.4, -0.2) is 66.1 Å². The van der Waals surface area contributed by atoms with Gasteiger partial charge in [-0.2, -0.15) is 11.8 Å². The molecule has 25 heavy (non-hydrogen) atoms. The second-order valence-electron chi connectivity index (χ2n) is 7.62. The van der Waals surface area contributed by atoms with Gasteiger partial charge in [0, 0.05) is 31.1 Å². The summed E-state index contributed by atoms with van der Waals surface area (Å²) in [4.78, 5) is 18.2. The molecule has 0 aliphatic carbocycles. The molecule has 1 aromatic rings. The third kappa shape index (κ3) is 3.34. The molecular weight excluding hydrogens is 332 g/mol. The summed E-state index contributed by atoms with van der Waals surface area (Å²) in [6, 6.07) is 10.2. The summed E-state index contributed by atoms with van der Waals surface area (Å²) in [6.45, 7) is 7.17. The summed E-state index contributed by atoms with van der Waals surface area (Å²) in [5.74, 6) is 2.64. The van der Waals surface area contributed by atoms with E-state index in [1.54, 1.807) is 0 Å². The molecule has 4 nitrogen and oxygen atoms in total. The number of hydrogen-bond donors (Lipinski definition) is 0. The average molecular weight is 361 g/mol. The van der Waals surface area contributed by atoms with Gasteiger partial charge in [0.15, 0.2) is 0 Å². The molecule has 0 saturated carbocycles. The average Bonchev–Trinajstić information content (AvgIpc) is 2.69. The zero-order valence-electron chi connectivity index (χ0n) is 15.0. The van der Waals surface area contributed by atoms with Gasteiger partial charge in [-0.1, -0.05) is 30.3 Å². The number of nitrogens with zero attached hydrogens (tertiary/aromatic N) is 2. The molecule has 1 unspecified atom stereocenters. The van der Waals surface area contributed by atoms with Crippen LogP contribution in [0, 0.1) is 5.92 Å². The summed E-state index contributed by atoms with van der Waals surface area (Å²) in [7, 11) is 0. The summed E-state index contributed by atoms with van der Waals surface area (Å²) < 4.78 is 6.17. The van der Waals surface area contributed by atoms with Crippen LogP contribution >= 0.6 is 11.8 Å². The van der Waals surface area contributed by atoms with Gasteiger partial charge < -0.3 is 4.74 Å². The van der Waals surface area contributed by atoms with E-state index in [-0.39, 0.29) is 12.1 Å². The van der Waals surface area contributed by atoms with Crippen LogP contribution in [0.1, 0.15) is 25.3 Å². The maximum Gasteiger partial charge on any atom is 0.331 e. The molecule has 0 radical (unpaired) electrons. The lowest BCUT2D eigenvalue weighted by molar-refractivity contribution is -0.173. The standard InChI is InChI=1S/C20H28N2O2S/c1-20(17-5-3-2-4-6-17,22-11-13-25-14-12-22)19(23)24-18-15-21-9-7-16(18)8-10-21/h2-6,16,18H,7-15H2,1H3/t18-,20?/m0/s1. The van der Waals surface area contributed by atoms with E-state index in [1.807, 2.05) is 30.0 Å². The van der Waals surface area contributed by atoms with Gasteiger partial charge in [0.05, 0.1) is 0 Å². The molecule has 0 spiro atoms. The number of fused-ring (bicyclic) bond motifs is 3. The van der Waals surface area contributed by atoms with Crippen LogP contribution in [0.25, 0.3) is 0 Å². The molecule has 4 fully saturated rings. The van der Waals surface area contributed by atoms with Gasteiger partial charge in [-0.15, -0.1) is 0 Å². The van der Waals surface area contributed by atoms with Gasteiger partial charge in [0.25, 0.3) is 0 Å². The minimum absolute atomic E-state index is 0.0654. The van der Waals surface area contributed by atoms with Crippen molar-refractivity contribution in [3.05, 3.63) is 35.9 Å². The predicted molar refractivity (Wildman–Crippen MR) is 102 cm³/mol. The molecule has 2 atom stereocenters. The monoisotopic (exact) mass is 360 g/mol. The number of carbonyl (C=O) groups is 1. The van der Waals surface area contributed by atoms with E-state index in [0.717, 1.165) is 49.8 Å². The molecule has 4 aliphatic heterocycles. The molecule has 0 N–H and O–H groups in total.